The molecule has 2 aromatic rings. The summed E-state index contributed by atoms with van der Waals surface area (Å²) in [6.45, 7) is 0.757. The molecule has 142 valence electrons. The lowest BCUT2D eigenvalue weighted by molar-refractivity contribution is -0.145. The number of likely N-dealkylation sites (tertiary alicyclic amines) is 1. The van der Waals surface area contributed by atoms with Crippen LogP contribution in [0.1, 0.15) is 23.2 Å². The number of likely N-dealkylation sites (N-methyl/N-ethyl adjacent to an activating group) is 1. The number of hydrogen-bond acceptors (Lipinski definition) is 4. The second kappa shape index (κ2) is 8.03. The molecule has 0 bridgehead atoms. The van der Waals surface area contributed by atoms with Gasteiger partial charge in [-0.1, -0.05) is 12.1 Å². The van der Waals surface area contributed by atoms with Crippen LogP contribution in [0.5, 0.6) is 0 Å². The van der Waals surface area contributed by atoms with Gasteiger partial charge in [0.15, 0.2) is 0 Å². The van der Waals surface area contributed by atoms with Crippen LogP contribution in [-0.2, 0) is 9.59 Å². The summed E-state index contributed by atoms with van der Waals surface area (Å²) in [7, 11) is 1.59. The highest BCUT2D eigenvalue weighted by atomic mass is 16.4. The number of carbonyl (C=O) groups excluding carboxylic acids is 2. The molecular weight excluding hydrogens is 348 g/mol. The molecule has 0 aliphatic carbocycles. The number of hydrogen-bond donors (Lipinski definition) is 1. The number of carboxylic acids is 1. The van der Waals surface area contributed by atoms with Gasteiger partial charge in [-0.25, -0.2) is 4.68 Å². The predicted molar refractivity (Wildman–Crippen MR) is 97.5 cm³/mol. The van der Waals surface area contributed by atoms with Gasteiger partial charge in [0.2, 0.25) is 5.91 Å². The van der Waals surface area contributed by atoms with E-state index in [-0.39, 0.29) is 18.4 Å². The maximum Gasteiger partial charge on any atom is 0.306 e. The van der Waals surface area contributed by atoms with E-state index in [0.717, 1.165) is 0 Å². The summed E-state index contributed by atoms with van der Waals surface area (Å²) in [5.41, 5.74) is 1.11. The Hall–Kier alpha value is -3.16. The van der Waals surface area contributed by atoms with E-state index in [1.54, 1.807) is 53.3 Å². The molecule has 8 nitrogen and oxygen atoms in total. The standard InChI is InChI=1S/C19H22N4O4/c1-21(13-17(24)22-11-7-14(8-12-22)19(26)27)18(25)15-5-2-3-6-16(15)23-10-4-9-20-23/h2-6,9-10,14H,7-8,11-13H2,1H3,(H,26,27). The van der Waals surface area contributed by atoms with Crippen LogP contribution < -0.4 is 0 Å². The third-order valence-electron chi connectivity index (χ3n) is 4.80. The highest BCUT2D eigenvalue weighted by Gasteiger charge is 2.28. The zero-order valence-corrected chi connectivity index (χ0v) is 15.1. The Balaban J connectivity index is 1.65. The Morgan fingerprint density at radius 1 is 1.19 bits per heavy atom. The van der Waals surface area contributed by atoms with Gasteiger partial charge in [-0.05, 0) is 31.0 Å². The Morgan fingerprint density at radius 3 is 2.52 bits per heavy atom. The van der Waals surface area contributed by atoms with E-state index >= 15 is 0 Å². The average molecular weight is 370 g/mol. The van der Waals surface area contributed by atoms with Crippen LogP contribution in [0.15, 0.2) is 42.7 Å². The van der Waals surface area contributed by atoms with Crippen LogP contribution >= 0.6 is 0 Å². The fourth-order valence-electron chi connectivity index (χ4n) is 3.22. The van der Waals surface area contributed by atoms with E-state index in [2.05, 4.69) is 5.10 Å². The van der Waals surface area contributed by atoms with Crippen molar-refractivity contribution in [3.63, 3.8) is 0 Å². The van der Waals surface area contributed by atoms with Gasteiger partial charge in [-0.2, -0.15) is 5.10 Å². The number of rotatable bonds is 5. The van der Waals surface area contributed by atoms with Gasteiger partial charge in [-0.15, -0.1) is 0 Å². The minimum Gasteiger partial charge on any atom is -0.481 e. The third-order valence-corrected chi connectivity index (χ3v) is 4.80. The van der Waals surface area contributed by atoms with Crippen molar-refractivity contribution in [3.8, 4) is 5.69 Å². The highest BCUT2D eigenvalue weighted by molar-refractivity contribution is 5.99. The van der Waals surface area contributed by atoms with Crippen molar-refractivity contribution in [2.24, 2.45) is 5.92 Å². The van der Waals surface area contributed by atoms with Crippen molar-refractivity contribution >= 4 is 17.8 Å². The molecule has 3 rings (SSSR count). The molecule has 0 unspecified atom stereocenters. The Morgan fingerprint density at radius 2 is 1.89 bits per heavy atom. The Bertz CT molecular complexity index is 826. The third kappa shape index (κ3) is 4.16. The molecule has 0 atom stereocenters. The summed E-state index contributed by atoms with van der Waals surface area (Å²) < 4.78 is 1.61. The van der Waals surface area contributed by atoms with E-state index in [1.807, 2.05) is 6.07 Å². The lowest BCUT2D eigenvalue weighted by atomic mass is 9.97. The van der Waals surface area contributed by atoms with Crippen LogP contribution in [0.4, 0.5) is 0 Å². The number of nitrogens with zero attached hydrogens (tertiary/aromatic N) is 4. The molecule has 1 saturated heterocycles. The topological polar surface area (TPSA) is 95.7 Å². The molecule has 0 radical (unpaired) electrons. The van der Waals surface area contributed by atoms with E-state index in [0.29, 0.717) is 37.2 Å². The van der Waals surface area contributed by atoms with Gasteiger partial charge in [-0.3, -0.25) is 14.4 Å². The summed E-state index contributed by atoms with van der Waals surface area (Å²) in [5.74, 6) is -1.65. The largest absolute Gasteiger partial charge is 0.481 e. The summed E-state index contributed by atoms with van der Waals surface area (Å²) in [6, 6.07) is 8.87. The van der Waals surface area contributed by atoms with Crippen molar-refractivity contribution in [1.82, 2.24) is 19.6 Å². The molecule has 1 fully saturated rings. The van der Waals surface area contributed by atoms with Gasteiger partial charge in [0.1, 0.15) is 0 Å². The molecule has 1 aliphatic rings. The van der Waals surface area contributed by atoms with Gasteiger partial charge < -0.3 is 14.9 Å². The molecule has 0 spiro atoms. The second-order valence-electron chi connectivity index (χ2n) is 6.62. The first-order valence-corrected chi connectivity index (χ1v) is 8.82. The number of benzene rings is 1. The number of piperidine rings is 1. The maximum atomic E-state index is 12.9. The van der Waals surface area contributed by atoms with E-state index < -0.39 is 11.9 Å². The summed E-state index contributed by atoms with van der Waals surface area (Å²) in [5, 5.41) is 13.2. The van der Waals surface area contributed by atoms with Crippen LogP contribution in [0.25, 0.3) is 5.69 Å². The molecule has 27 heavy (non-hydrogen) atoms. The number of aliphatic carboxylic acids is 1. The number of carbonyl (C=O) groups is 3. The molecule has 8 heteroatoms. The Kier molecular flexibility index (Phi) is 5.54. The molecule has 1 aromatic heterocycles. The quantitative estimate of drug-likeness (QED) is 0.855. The maximum absolute atomic E-state index is 12.9. The number of para-hydroxylation sites is 1. The molecule has 1 N–H and O–H groups in total. The summed E-state index contributed by atoms with van der Waals surface area (Å²) in [4.78, 5) is 39.4. The van der Waals surface area contributed by atoms with Crippen molar-refractivity contribution < 1.29 is 19.5 Å². The second-order valence-corrected chi connectivity index (χ2v) is 6.62. The minimum absolute atomic E-state index is 0.0516. The first-order valence-electron chi connectivity index (χ1n) is 8.82. The van der Waals surface area contributed by atoms with Crippen LogP contribution in [0.2, 0.25) is 0 Å². The fourth-order valence-corrected chi connectivity index (χ4v) is 3.22. The van der Waals surface area contributed by atoms with Gasteiger partial charge in [0.25, 0.3) is 5.91 Å². The zero-order valence-electron chi connectivity index (χ0n) is 15.1. The van der Waals surface area contributed by atoms with Gasteiger partial charge in [0.05, 0.1) is 23.7 Å². The zero-order chi connectivity index (χ0) is 19.4. The fraction of sp³-hybridized carbons (Fsp3) is 0.368. The molecule has 2 amide bonds. The summed E-state index contributed by atoms with van der Waals surface area (Å²) in [6.07, 6.45) is 4.28. The van der Waals surface area contributed by atoms with Crippen molar-refractivity contribution in [2.45, 2.75) is 12.8 Å². The number of aromatic nitrogens is 2. The van der Waals surface area contributed by atoms with Crippen LogP contribution in [-0.4, -0.2) is 69.2 Å². The molecular formula is C19H22N4O4. The van der Waals surface area contributed by atoms with E-state index in [4.69, 9.17) is 5.11 Å². The molecule has 2 heterocycles. The minimum atomic E-state index is -0.815. The van der Waals surface area contributed by atoms with E-state index in [1.165, 1.54) is 4.90 Å². The monoisotopic (exact) mass is 370 g/mol. The summed E-state index contributed by atoms with van der Waals surface area (Å²) >= 11 is 0. The van der Waals surface area contributed by atoms with Gasteiger partial charge >= 0.3 is 5.97 Å². The molecule has 1 aromatic carbocycles. The first kappa shape index (κ1) is 18.6. The van der Waals surface area contributed by atoms with Gasteiger partial charge in [0, 0.05) is 32.5 Å². The predicted octanol–water partition coefficient (Wildman–Crippen LogP) is 1.27. The number of carboxylic acid groups (broad SMARTS) is 1. The average Bonchev–Trinajstić information content (AvgIpc) is 3.22. The first-order chi connectivity index (χ1) is 13.0. The van der Waals surface area contributed by atoms with Crippen LogP contribution in [0.3, 0.4) is 0 Å². The Labute approximate surface area is 157 Å². The van der Waals surface area contributed by atoms with Crippen LogP contribution in [0, 0.1) is 5.92 Å². The van der Waals surface area contributed by atoms with Crippen molar-refractivity contribution in [3.05, 3.63) is 48.3 Å². The normalized spacial score (nSPS) is 14.8. The SMILES string of the molecule is CN(CC(=O)N1CCC(C(=O)O)CC1)C(=O)c1ccccc1-n1cccn1. The highest BCUT2D eigenvalue weighted by Crippen LogP contribution is 2.18. The molecule has 0 saturated carbocycles. The van der Waals surface area contributed by atoms with E-state index in [9.17, 15) is 14.4 Å². The van der Waals surface area contributed by atoms with Crippen molar-refractivity contribution in [2.75, 3.05) is 26.7 Å². The number of amides is 2. The smallest absolute Gasteiger partial charge is 0.306 e. The lowest BCUT2D eigenvalue weighted by Crippen LogP contribution is -2.45. The van der Waals surface area contributed by atoms with Crippen molar-refractivity contribution in [1.29, 1.82) is 0 Å². The lowest BCUT2D eigenvalue weighted by Gasteiger charge is -2.31. The molecule has 1 aliphatic heterocycles.